The molecule has 70 valence electrons. The summed E-state index contributed by atoms with van der Waals surface area (Å²) in [5, 5.41) is 8.64. The van der Waals surface area contributed by atoms with Crippen molar-refractivity contribution in [3.8, 4) is 6.07 Å². The normalized spacial score (nSPS) is 14.9. The lowest BCUT2D eigenvalue weighted by Gasteiger charge is -1.93. The van der Waals surface area contributed by atoms with E-state index in [1.54, 1.807) is 12.2 Å². The molecule has 0 saturated heterocycles. The van der Waals surface area contributed by atoms with Crippen LogP contribution in [-0.4, -0.2) is 5.78 Å². The largest absolute Gasteiger partial charge is 0.295 e. The molecule has 14 heavy (non-hydrogen) atoms. The summed E-state index contributed by atoms with van der Waals surface area (Å²) in [4.78, 5) is 11.1. The van der Waals surface area contributed by atoms with Crippen molar-refractivity contribution in [1.29, 1.82) is 5.26 Å². The van der Waals surface area contributed by atoms with Gasteiger partial charge < -0.3 is 0 Å². The molecular weight excluding hydrogens is 174 g/mol. The van der Waals surface area contributed by atoms with Crippen molar-refractivity contribution < 1.29 is 4.79 Å². The predicted octanol–water partition coefficient (Wildman–Crippen LogP) is 2.47. The quantitative estimate of drug-likeness (QED) is 0.620. The number of carbonyl (C=O) groups is 1. The van der Waals surface area contributed by atoms with Gasteiger partial charge in [-0.1, -0.05) is 30.9 Å². The van der Waals surface area contributed by atoms with Crippen LogP contribution in [0.2, 0.25) is 0 Å². The van der Waals surface area contributed by atoms with Gasteiger partial charge in [-0.25, -0.2) is 0 Å². The number of nitriles is 1. The Morgan fingerprint density at radius 1 is 1.57 bits per heavy atom. The SMILES string of the molecule is C=C(C#N)C1=CC=C(C(C)=O)CC=C1. The fourth-order valence-corrected chi connectivity index (χ4v) is 1.15. The van der Waals surface area contributed by atoms with E-state index in [2.05, 4.69) is 6.58 Å². The second-order valence-corrected chi connectivity index (χ2v) is 3.07. The monoisotopic (exact) mass is 185 g/mol. The minimum atomic E-state index is 0.0646. The maximum absolute atomic E-state index is 11.1. The van der Waals surface area contributed by atoms with Crippen LogP contribution in [0.25, 0.3) is 0 Å². The van der Waals surface area contributed by atoms with Gasteiger partial charge in [0.2, 0.25) is 0 Å². The fourth-order valence-electron chi connectivity index (χ4n) is 1.15. The summed E-state index contributed by atoms with van der Waals surface area (Å²) in [5.74, 6) is 0.0646. The minimum Gasteiger partial charge on any atom is -0.295 e. The first-order valence-electron chi connectivity index (χ1n) is 4.33. The first kappa shape index (κ1) is 10.2. The maximum atomic E-state index is 11.1. The summed E-state index contributed by atoms with van der Waals surface area (Å²) in [6, 6.07) is 1.98. The highest BCUT2D eigenvalue weighted by atomic mass is 16.1. The third-order valence-electron chi connectivity index (χ3n) is 2.03. The molecule has 0 unspecified atom stereocenters. The summed E-state index contributed by atoms with van der Waals surface area (Å²) in [6.07, 6.45) is 7.81. The fraction of sp³-hybridized carbons (Fsp3) is 0.167. The van der Waals surface area contributed by atoms with Crippen LogP contribution in [0.3, 0.4) is 0 Å². The van der Waals surface area contributed by atoms with Crippen molar-refractivity contribution in [3.63, 3.8) is 0 Å². The molecule has 1 aliphatic rings. The molecule has 0 radical (unpaired) electrons. The van der Waals surface area contributed by atoms with Gasteiger partial charge in [-0.15, -0.1) is 0 Å². The molecule has 0 aromatic rings. The van der Waals surface area contributed by atoms with Gasteiger partial charge in [0.1, 0.15) is 0 Å². The van der Waals surface area contributed by atoms with Crippen molar-refractivity contribution in [3.05, 3.63) is 47.6 Å². The summed E-state index contributed by atoms with van der Waals surface area (Å²) >= 11 is 0. The second kappa shape index (κ2) is 4.38. The Labute approximate surface area is 83.5 Å². The zero-order chi connectivity index (χ0) is 10.6. The van der Waals surface area contributed by atoms with Crippen LogP contribution < -0.4 is 0 Å². The van der Waals surface area contributed by atoms with E-state index in [0.717, 1.165) is 11.1 Å². The van der Waals surface area contributed by atoms with Gasteiger partial charge in [0.15, 0.2) is 5.78 Å². The molecule has 2 heteroatoms. The molecule has 0 atom stereocenters. The molecular formula is C12H11NO. The molecule has 0 aromatic heterocycles. The number of allylic oxidation sites excluding steroid dienone is 7. The van der Waals surface area contributed by atoms with E-state index in [-0.39, 0.29) is 5.78 Å². The van der Waals surface area contributed by atoms with E-state index < -0.39 is 0 Å². The Hall–Kier alpha value is -1.88. The Morgan fingerprint density at radius 3 is 2.86 bits per heavy atom. The van der Waals surface area contributed by atoms with Crippen LogP contribution in [0.5, 0.6) is 0 Å². The summed E-state index contributed by atoms with van der Waals surface area (Å²) in [6.45, 7) is 5.15. The zero-order valence-corrected chi connectivity index (χ0v) is 8.08. The molecule has 0 amide bonds. The molecule has 0 fully saturated rings. The Balaban J connectivity index is 2.99. The Kier molecular flexibility index (Phi) is 3.19. The molecule has 0 aromatic carbocycles. The van der Waals surface area contributed by atoms with Gasteiger partial charge in [0, 0.05) is 0 Å². The van der Waals surface area contributed by atoms with Gasteiger partial charge in [0.25, 0.3) is 0 Å². The lowest BCUT2D eigenvalue weighted by atomic mass is 10.1. The molecule has 0 heterocycles. The number of carbonyl (C=O) groups excluding carboxylic acids is 1. The van der Waals surface area contributed by atoms with E-state index in [0.29, 0.717) is 12.0 Å². The number of nitrogens with zero attached hydrogens (tertiary/aromatic N) is 1. The summed E-state index contributed by atoms with van der Waals surface area (Å²) in [7, 11) is 0. The maximum Gasteiger partial charge on any atom is 0.156 e. The average Bonchev–Trinajstić information content (AvgIpc) is 2.41. The minimum absolute atomic E-state index is 0.0646. The van der Waals surface area contributed by atoms with Crippen LogP contribution in [0, 0.1) is 11.3 Å². The van der Waals surface area contributed by atoms with Crippen LogP contribution in [0.1, 0.15) is 13.3 Å². The average molecular weight is 185 g/mol. The first-order valence-corrected chi connectivity index (χ1v) is 4.33. The second-order valence-electron chi connectivity index (χ2n) is 3.07. The van der Waals surface area contributed by atoms with Crippen molar-refractivity contribution in [2.75, 3.05) is 0 Å². The van der Waals surface area contributed by atoms with Crippen molar-refractivity contribution in [2.24, 2.45) is 0 Å². The van der Waals surface area contributed by atoms with Gasteiger partial charge in [0.05, 0.1) is 11.6 Å². The third kappa shape index (κ3) is 2.30. The highest BCUT2D eigenvalue weighted by Crippen LogP contribution is 2.16. The third-order valence-corrected chi connectivity index (χ3v) is 2.03. The molecule has 1 aliphatic carbocycles. The van der Waals surface area contributed by atoms with E-state index >= 15 is 0 Å². The Morgan fingerprint density at radius 2 is 2.29 bits per heavy atom. The molecule has 0 N–H and O–H groups in total. The van der Waals surface area contributed by atoms with Crippen molar-refractivity contribution in [2.45, 2.75) is 13.3 Å². The summed E-state index contributed by atoms with van der Waals surface area (Å²) < 4.78 is 0. The van der Waals surface area contributed by atoms with E-state index in [9.17, 15) is 4.79 Å². The van der Waals surface area contributed by atoms with Crippen LogP contribution in [0.15, 0.2) is 47.6 Å². The van der Waals surface area contributed by atoms with Crippen molar-refractivity contribution >= 4 is 5.78 Å². The van der Waals surface area contributed by atoms with Gasteiger partial charge >= 0.3 is 0 Å². The topological polar surface area (TPSA) is 40.9 Å². The number of ketones is 1. The zero-order valence-electron chi connectivity index (χ0n) is 8.08. The van der Waals surface area contributed by atoms with Gasteiger partial charge in [-0.3, -0.25) is 4.79 Å². The molecule has 0 saturated carbocycles. The van der Waals surface area contributed by atoms with Crippen LogP contribution >= 0.6 is 0 Å². The molecule has 0 bridgehead atoms. The Bertz CT molecular complexity index is 403. The molecule has 1 rings (SSSR count). The summed E-state index contributed by atoms with van der Waals surface area (Å²) in [5.41, 5.74) is 1.94. The highest BCUT2D eigenvalue weighted by molar-refractivity contribution is 5.94. The molecule has 2 nitrogen and oxygen atoms in total. The van der Waals surface area contributed by atoms with Crippen molar-refractivity contribution in [1.82, 2.24) is 0 Å². The standard InChI is InChI=1S/C12H11NO/c1-9(8-13)11-4-3-5-12(7-6-11)10(2)14/h3-4,6-7H,1,5H2,2H3. The van der Waals surface area contributed by atoms with E-state index in [4.69, 9.17) is 5.26 Å². The lowest BCUT2D eigenvalue weighted by Crippen LogP contribution is -1.93. The number of rotatable bonds is 2. The van der Waals surface area contributed by atoms with Crippen LogP contribution in [0.4, 0.5) is 0 Å². The van der Waals surface area contributed by atoms with E-state index in [1.165, 1.54) is 6.92 Å². The molecule has 0 spiro atoms. The highest BCUT2D eigenvalue weighted by Gasteiger charge is 2.04. The number of Topliss-reactive ketones (excluding diaryl/α,β-unsaturated/α-hetero) is 1. The van der Waals surface area contributed by atoms with E-state index in [1.807, 2.05) is 18.2 Å². The smallest absolute Gasteiger partial charge is 0.156 e. The number of hydrogen-bond acceptors (Lipinski definition) is 2. The van der Waals surface area contributed by atoms with Crippen LogP contribution in [-0.2, 0) is 4.79 Å². The lowest BCUT2D eigenvalue weighted by molar-refractivity contribution is -0.113. The number of hydrogen-bond donors (Lipinski definition) is 0. The predicted molar refractivity (Wildman–Crippen MR) is 55.4 cm³/mol. The van der Waals surface area contributed by atoms with Gasteiger partial charge in [-0.2, -0.15) is 5.26 Å². The first-order chi connectivity index (χ1) is 6.65. The van der Waals surface area contributed by atoms with Gasteiger partial charge in [-0.05, 0) is 24.5 Å². The molecule has 0 aliphatic heterocycles.